The van der Waals surface area contributed by atoms with Crippen molar-refractivity contribution < 1.29 is 4.39 Å². The van der Waals surface area contributed by atoms with E-state index in [1.807, 2.05) is 25.1 Å². The maximum atomic E-state index is 13.6. The Labute approximate surface area is 130 Å². The molecule has 3 nitrogen and oxygen atoms in total. The van der Waals surface area contributed by atoms with Gasteiger partial charge < -0.3 is 5.73 Å². The van der Waals surface area contributed by atoms with E-state index in [4.69, 9.17) is 11.0 Å². The highest BCUT2D eigenvalue weighted by molar-refractivity contribution is 6.10. The largest absolute Gasteiger partial charge is 0.390 e. The average Bonchev–Trinajstić information content (AvgIpc) is 2.52. The van der Waals surface area contributed by atoms with Crippen molar-refractivity contribution in [2.45, 2.75) is 13.5 Å². The Morgan fingerprint density at radius 2 is 2.14 bits per heavy atom. The Morgan fingerprint density at radius 1 is 1.41 bits per heavy atom. The number of rotatable bonds is 6. The first-order valence-electron chi connectivity index (χ1n) is 6.72. The summed E-state index contributed by atoms with van der Waals surface area (Å²) in [7, 11) is 0. The molecule has 1 aromatic carbocycles. The third-order valence-electron chi connectivity index (χ3n) is 2.73. The molecule has 0 fully saturated rings. The van der Waals surface area contributed by atoms with Crippen LogP contribution in [0.2, 0.25) is 0 Å². The molecule has 112 valence electrons. The maximum Gasteiger partial charge on any atom is 0.128 e. The number of nitriles is 1. The molecule has 0 saturated carbocycles. The van der Waals surface area contributed by atoms with Gasteiger partial charge in [-0.05, 0) is 24.6 Å². The number of benzene rings is 1. The lowest BCUT2D eigenvalue weighted by molar-refractivity contribution is 0.611. The number of aliphatic imine (C=N–C) groups is 1. The van der Waals surface area contributed by atoms with E-state index in [9.17, 15) is 4.39 Å². The van der Waals surface area contributed by atoms with Crippen LogP contribution in [0.5, 0.6) is 0 Å². The Bertz CT molecular complexity index is 689. The molecule has 22 heavy (non-hydrogen) atoms. The second kappa shape index (κ2) is 9.09. The number of halogens is 1. The molecule has 0 bridgehead atoms. The molecule has 0 atom stereocenters. The van der Waals surface area contributed by atoms with E-state index in [1.54, 1.807) is 30.4 Å². The van der Waals surface area contributed by atoms with Crippen molar-refractivity contribution in [1.29, 1.82) is 5.26 Å². The van der Waals surface area contributed by atoms with E-state index in [0.29, 0.717) is 16.8 Å². The van der Waals surface area contributed by atoms with Gasteiger partial charge in [0.2, 0.25) is 0 Å². The van der Waals surface area contributed by atoms with Crippen LogP contribution in [-0.2, 0) is 6.54 Å². The van der Waals surface area contributed by atoms with Crippen molar-refractivity contribution >= 4 is 5.71 Å². The monoisotopic (exact) mass is 295 g/mol. The zero-order chi connectivity index (χ0) is 16.4. The van der Waals surface area contributed by atoms with E-state index in [0.717, 1.165) is 0 Å². The lowest BCUT2D eigenvalue weighted by Crippen LogP contribution is -2.03. The molecular weight excluding hydrogens is 277 g/mol. The zero-order valence-electron chi connectivity index (χ0n) is 12.5. The molecule has 2 N–H and O–H groups in total. The van der Waals surface area contributed by atoms with Gasteiger partial charge in [-0.2, -0.15) is 5.26 Å². The third-order valence-corrected chi connectivity index (χ3v) is 2.73. The highest BCUT2D eigenvalue weighted by Crippen LogP contribution is 2.10. The van der Waals surface area contributed by atoms with Crippen molar-refractivity contribution in [3.05, 3.63) is 83.9 Å². The smallest absolute Gasteiger partial charge is 0.128 e. The minimum atomic E-state index is -0.321. The highest BCUT2D eigenvalue weighted by atomic mass is 19.1. The lowest BCUT2D eigenvalue weighted by Gasteiger charge is -2.03. The van der Waals surface area contributed by atoms with Crippen LogP contribution in [0.15, 0.2) is 77.5 Å². The van der Waals surface area contributed by atoms with Crippen LogP contribution >= 0.6 is 0 Å². The molecule has 4 heteroatoms. The van der Waals surface area contributed by atoms with Gasteiger partial charge in [-0.1, -0.05) is 49.1 Å². The summed E-state index contributed by atoms with van der Waals surface area (Å²) < 4.78 is 13.6. The fourth-order valence-electron chi connectivity index (χ4n) is 1.58. The Hall–Kier alpha value is -2.93. The maximum absolute atomic E-state index is 13.6. The van der Waals surface area contributed by atoms with Crippen molar-refractivity contribution in [3.63, 3.8) is 0 Å². The average molecular weight is 295 g/mol. The zero-order valence-corrected chi connectivity index (χ0v) is 12.5. The van der Waals surface area contributed by atoms with Crippen LogP contribution in [-0.4, -0.2) is 5.71 Å². The molecule has 0 unspecified atom stereocenters. The molecule has 0 radical (unpaired) electrons. The highest BCUT2D eigenvalue weighted by Gasteiger charge is 2.03. The van der Waals surface area contributed by atoms with Gasteiger partial charge in [0.15, 0.2) is 0 Å². The van der Waals surface area contributed by atoms with Gasteiger partial charge in [0, 0.05) is 5.56 Å². The Kier molecular flexibility index (Phi) is 7.07. The molecule has 0 aromatic heterocycles. The van der Waals surface area contributed by atoms with Crippen molar-refractivity contribution in [1.82, 2.24) is 0 Å². The van der Waals surface area contributed by atoms with Crippen LogP contribution in [0.3, 0.4) is 0 Å². The van der Waals surface area contributed by atoms with Gasteiger partial charge in [0.05, 0.1) is 12.3 Å². The van der Waals surface area contributed by atoms with Gasteiger partial charge in [0.25, 0.3) is 0 Å². The normalized spacial score (nSPS) is 12.8. The minimum Gasteiger partial charge on any atom is -0.390 e. The van der Waals surface area contributed by atoms with Crippen LogP contribution in [0, 0.1) is 17.1 Å². The topological polar surface area (TPSA) is 62.2 Å². The third kappa shape index (κ3) is 5.59. The summed E-state index contributed by atoms with van der Waals surface area (Å²) in [5, 5.41) is 8.79. The van der Waals surface area contributed by atoms with E-state index in [-0.39, 0.29) is 18.1 Å². The first kappa shape index (κ1) is 17.1. The molecule has 1 aromatic rings. The lowest BCUT2D eigenvalue weighted by atomic mass is 10.1. The van der Waals surface area contributed by atoms with Crippen molar-refractivity contribution in [2.24, 2.45) is 10.7 Å². The van der Waals surface area contributed by atoms with E-state index >= 15 is 0 Å². The van der Waals surface area contributed by atoms with Crippen LogP contribution in [0.25, 0.3) is 0 Å². The van der Waals surface area contributed by atoms with Gasteiger partial charge in [-0.3, -0.25) is 4.99 Å². The molecule has 0 amide bonds. The van der Waals surface area contributed by atoms with Gasteiger partial charge >= 0.3 is 0 Å². The number of allylic oxidation sites excluding steroid dienone is 7. The molecule has 0 aliphatic heterocycles. The molecule has 0 spiro atoms. The second-order valence-electron chi connectivity index (χ2n) is 4.41. The first-order chi connectivity index (χ1) is 10.6. The van der Waals surface area contributed by atoms with Crippen molar-refractivity contribution in [3.8, 4) is 6.07 Å². The predicted molar refractivity (Wildman–Crippen MR) is 88.5 cm³/mol. The summed E-state index contributed by atoms with van der Waals surface area (Å²) in [6.07, 6.45) is 8.71. The Balaban J connectivity index is 3.05. The first-order valence-corrected chi connectivity index (χ1v) is 6.72. The standard InChI is InChI=1S/C18H18FN3/c1-3-4-5-8-14(2)18(11-16(21)12-20)22-13-15-9-6-7-10-17(15)19/h3-11H,2,13,21H2,1H3/b4-3-,8-5-,16-11?,22-18?. The van der Waals surface area contributed by atoms with E-state index in [1.165, 1.54) is 12.1 Å². The second-order valence-corrected chi connectivity index (χ2v) is 4.41. The van der Waals surface area contributed by atoms with E-state index in [2.05, 4.69) is 11.6 Å². The SMILES string of the molecule is C=C(/C=C\C=C/C)C(C=C(N)C#N)=NCc1ccccc1F. The number of hydrogen-bond donors (Lipinski definition) is 1. The molecule has 0 aliphatic carbocycles. The molecule has 0 heterocycles. The molecule has 0 aliphatic rings. The van der Waals surface area contributed by atoms with Gasteiger partial charge in [-0.15, -0.1) is 0 Å². The molecule has 0 saturated heterocycles. The molecular formula is C18H18FN3. The van der Waals surface area contributed by atoms with Crippen LogP contribution in [0.4, 0.5) is 4.39 Å². The Morgan fingerprint density at radius 3 is 2.77 bits per heavy atom. The van der Waals surface area contributed by atoms with E-state index < -0.39 is 0 Å². The number of hydrogen-bond acceptors (Lipinski definition) is 3. The van der Waals surface area contributed by atoms with Crippen LogP contribution in [0.1, 0.15) is 12.5 Å². The van der Waals surface area contributed by atoms with Crippen LogP contribution < -0.4 is 5.73 Å². The fourth-order valence-corrected chi connectivity index (χ4v) is 1.58. The van der Waals surface area contributed by atoms with Crippen molar-refractivity contribution in [2.75, 3.05) is 0 Å². The summed E-state index contributed by atoms with van der Waals surface area (Å²) in [5.41, 5.74) is 7.06. The summed E-state index contributed by atoms with van der Waals surface area (Å²) in [5.74, 6) is -0.321. The predicted octanol–water partition coefficient (Wildman–Crippen LogP) is 3.82. The summed E-state index contributed by atoms with van der Waals surface area (Å²) in [6.45, 7) is 5.94. The summed E-state index contributed by atoms with van der Waals surface area (Å²) >= 11 is 0. The summed E-state index contributed by atoms with van der Waals surface area (Å²) in [6, 6.07) is 8.24. The fraction of sp³-hybridized carbons (Fsp3) is 0.111. The number of nitrogens with zero attached hydrogens (tertiary/aromatic N) is 2. The van der Waals surface area contributed by atoms with Gasteiger partial charge in [-0.25, -0.2) is 4.39 Å². The minimum absolute atomic E-state index is 0.0212. The number of nitrogens with two attached hydrogens (primary N) is 1. The summed E-state index contributed by atoms with van der Waals surface area (Å²) in [4.78, 5) is 4.32. The quantitative estimate of drug-likeness (QED) is 0.492. The molecule has 1 rings (SSSR count). The van der Waals surface area contributed by atoms with Gasteiger partial charge in [0.1, 0.15) is 17.6 Å².